The van der Waals surface area contributed by atoms with E-state index in [9.17, 15) is 4.79 Å². The number of thiophene rings is 1. The first-order chi connectivity index (χ1) is 12.1. The zero-order valence-electron chi connectivity index (χ0n) is 13.8. The zero-order valence-corrected chi connectivity index (χ0v) is 16.2. The fraction of sp³-hybridized carbons (Fsp3) is 0.235. The van der Waals surface area contributed by atoms with Crippen LogP contribution in [0.4, 0.5) is 5.13 Å². The largest absolute Gasteiger partial charge is 0.481 e. The Morgan fingerprint density at radius 1 is 1.32 bits per heavy atom. The van der Waals surface area contributed by atoms with Crippen LogP contribution in [0.2, 0.25) is 0 Å². The van der Waals surface area contributed by atoms with Crippen molar-refractivity contribution in [2.24, 2.45) is 0 Å². The van der Waals surface area contributed by atoms with Crippen molar-refractivity contribution in [1.82, 2.24) is 10.2 Å². The third-order valence-electron chi connectivity index (χ3n) is 3.23. The molecule has 0 fully saturated rings. The summed E-state index contributed by atoms with van der Waals surface area (Å²) in [7, 11) is 0. The van der Waals surface area contributed by atoms with Crippen LogP contribution in [-0.2, 0) is 10.5 Å². The summed E-state index contributed by atoms with van der Waals surface area (Å²) in [5, 5.41) is 13.4. The van der Waals surface area contributed by atoms with E-state index in [1.165, 1.54) is 16.2 Å². The molecule has 0 aliphatic heterocycles. The summed E-state index contributed by atoms with van der Waals surface area (Å²) in [5.41, 5.74) is 1.08. The van der Waals surface area contributed by atoms with Gasteiger partial charge in [-0.25, -0.2) is 0 Å². The Bertz CT molecular complexity index is 833. The van der Waals surface area contributed by atoms with Crippen LogP contribution in [0, 0.1) is 6.92 Å². The van der Waals surface area contributed by atoms with Crippen LogP contribution in [0.3, 0.4) is 0 Å². The van der Waals surface area contributed by atoms with Gasteiger partial charge in [-0.05, 0) is 43.0 Å². The normalized spacial score (nSPS) is 11.9. The number of aryl methyl sites for hydroxylation is 1. The second kappa shape index (κ2) is 8.46. The number of nitrogens with one attached hydrogen (secondary N) is 1. The van der Waals surface area contributed by atoms with E-state index >= 15 is 0 Å². The van der Waals surface area contributed by atoms with Gasteiger partial charge in [0.1, 0.15) is 5.75 Å². The fourth-order valence-corrected chi connectivity index (χ4v) is 4.53. The molecule has 25 heavy (non-hydrogen) atoms. The summed E-state index contributed by atoms with van der Waals surface area (Å²) in [5.74, 6) is 1.28. The highest BCUT2D eigenvalue weighted by Gasteiger charge is 2.17. The van der Waals surface area contributed by atoms with Crippen LogP contribution < -0.4 is 10.1 Å². The molecule has 1 aromatic carbocycles. The van der Waals surface area contributed by atoms with E-state index in [2.05, 4.69) is 27.0 Å². The van der Waals surface area contributed by atoms with Gasteiger partial charge in [0.25, 0.3) is 5.91 Å². The molecule has 1 amide bonds. The number of rotatable bonds is 7. The molecule has 0 aliphatic carbocycles. The first-order valence-corrected chi connectivity index (χ1v) is 10.3. The minimum atomic E-state index is -0.618. The number of thioether (sulfide) groups is 1. The first-order valence-electron chi connectivity index (χ1n) is 7.63. The van der Waals surface area contributed by atoms with Crippen molar-refractivity contribution in [3.05, 3.63) is 52.2 Å². The van der Waals surface area contributed by atoms with Crippen LogP contribution in [-0.4, -0.2) is 22.2 Å². The minimum absolute atomic E-state index is 0.243. The molecule has 0 saturated heterocycles. The number of carbonyl (C=O) groups excluding carboxylic acids is 1. The zero-order chi connectivity index (χ0) is 17.6. The van der Waals surface area contributed by atoms with Gasteiger partial charge in [0.05, 0.1) is 0 Å². The van der Waals surface area contributed by atoms with Gasteiger partial charge in [-0.1, -0.05) is 41.3 Å². The Balaban J connectivity index is 1.52. The summed E-state index contributed by atoms with van der Waals surface area (Å²) in [6.07, 6.45) is -0.618. The Hall–Kier alpha value is -1.90. The van der Waals surface area contributed by atoms with Crippen molar-refractivity contribution in [3.8, 4) is 5.75 Å². The molecular weight excluding hydrogens is 374 g/mol. The van der Waals surface area contributed by atoms with E-state index < -0.39 is 6.10 Å². The molecule has 3 rings (SSSR count). The minimum Gasteiger partial charge on any atom is -0.481 e. The van der Waals surface area contributed by atoms with E-state index in [1.807, 2.05) is 37.3 Å². The van der Waals surface area contributed by atoms with Gasteiger partial charge in [-0.3, -0.25) is 10.1 Å². The van der Waals surface area contributed by atoms with E-state index in [0.717, 1.165) is 15.7 Å². The van der Waals surface area contributed by atoms with Crippen LogP contribution in [0.15, 0.2) is 46.1 Å². The lowest BCUT2D eigenvalue weighted by atomic mass is 10.2. The number of benzene rings is 1. The van der Waals surface area contributed by atoms with E-state index in [-0.39, 0.29) is 5.91 Å². The van der Waals surface area contributed by atoms with Crippen LogP contribution >= 0.6 is 34.4 Å². The summed E-state index contributed by atoms with van der Waals surface area (Å²) in [4.78, 5) is 13.5. The summed E-state index contributed by atoms with van der Waals surface area (Å²) >= 11 is 4.69. The Labute approximate surface area is 158 Å². The Morgan fingerprint density at radius 2 is 2.20 bits per heavy atom. The summed E-state index contributed by atoms with van der Waals surface area (Å²) in [6, 6.07) is 11.7. The summed E-state index contributed by atoms with van der Waals surface area (Å²) < 4.78 is 6.50. The van der Waals surface area contributed by atoms with E-state index in [1.54, 1.807) is 30.0 Å². The average molecular weight is 392 g/mol. The number of ether oxygens (including phenoxy) is 1. The second-order valence-electron chi connectivity index (χ2n) is 5.31. The topological polar surface area (TPSA) is 64.1 Å². The average Bonchev–Trinajstić information content (AvgIpc) is 3.24. The van der Waals surface area contributed by atoms with Crippen molar-refractivity contribution in [1.29, 1.82) is 0 Å². The van der Waals surface area contributed by atoms with Crippen LogP contribution in [0.1, 0.15) is 17.4 Å². The molecule has 8 heteroatoms. The van der Waals surface area contributed by atoms with Crippen molar-refractivity contribution < 1.29 is 9.53 Å². The van der Waals surface area contributed by atoms with Gasteiger partial charge in [0.15, 0.2) is 10.4 Å². The fourth-order valence-electron chi connectivity index (χ4n) is 2.00. The molecule has 130 valence electrons. The molecule has 5 nitrogen and oxygen atoms in total. The molecule has 0 spiro atoms. The highest BCUT2D eigenvalue weighted by molar-refractivity contribution is 8.00. The number of amides is 1. The third kappa shape index (κ3) is 5.29. The number of aromatic nitrogens is 2. The molecular formula is C17H17N3O2S3. The number of hydrogen-bond acceptors (Lipinski definition) is 7. The van der Waals surface area contributed by atoms with Crippen molar-refractivity contribution >= 4 is 45.5 Å². The lowest BCUT2D eigenvalue weighted by Gasteiger charge is -2.13. The van der Waals surface area contributed by atoms with E-state index in [4.69, 9.17) is 4.74 Å². The molecule has 1 unspecified atom stereocenters. The van der Waals surface area contributed by atoms with Gasteiger partial charge in [-0.2, -0.15) is 0 Å². The smallest absolute Gasteiger partial charge is 0.266 e. The highest BCUT2D eigenvalue weighted by Crippen LogP contribution is 2.29. The van der Waals surface area contributed by atoms with Crippen molar-refractivity contribution in [2.75, 3.05) is 5.32 Å². The standard InChI is InChI=1S/C17H17N3O2S3/c1-11-5-3-6-13(9-11)22-12(2)15(21)18-16-19-20-17(25-16)24-10-14-7-4-8-23-14/h3-9,12H,10H2,1-2H3,(H,18,19,21). The van der Waals surface area contributed by atoms with Gasteiger partial charge in [0, 0.05) is 10.6 Å². The molecule has 0 saturated carbocycles. The molecule has 2 aromatic heterocycles. The van der Waals surface area contributed by atoms with Crippen molar-refractivity contribution in [2.45, 2.75) is 30.0 Å². The maximum atomic E-state index is 12.3. The maximum Gasteiger partial charge on any atom is 0.266 e. The number of anilines is 1. The lowest BCUT2D eigenvalue weighted by Crippen LogP contribution is -2.30. The molecule has 0 aliphatic rings. The lowest BCUT2D eigenvalue weighted by molar-refractivity contribution is -0.122. The van der Waals surface area contributed by atoms with Gasteiger partial charge < -0.3 is 4.74 Å². The Kier molecular flexibility index (Phi) is 6.06. The van der Waals surface area contributed by atoms with Gasteiger partial charge in [0.2, 0.25) is 5.13 Å². The molecule has 0 radical (unpaired) electrons. The molecule has 1 atom stereocenters. The highest BCUT2D eigenvalue weighted by atomic mass is 32.2. The van der Waals surface area contributed by atoms with Crippen molar-refractivity contribution in [3.63, 3.8) is 0 Å². The van der Waals surface area contributed by atoms with Gasteiger partial charge >= 0.3 is 0 Å². The third-order valence-corrected chi connectivity index (χ3v) is 6.31. The van der Waals surface area contributed by atoms with Crippen LogP contribution in [0.5, 0.6) is 5.75 Å². The maximum absolute atomic E-state index is 12.3. The predicted molar refractivity (Wildman–Crippen MR) is 104 cm³/mol. The quantitative estimate of drug-likeness (QED) is 0.471. The van der Waals surface area contributed by atoms with Crippen LogP contribution in [0.25, 0.3) is 0 Å². The molecule has 1 N–H and O–H groups in total. The monoisotopic (exact) mass is 391 g/mol. The second-order valence-corrected chi connectivity index (χ2v) is 8.54. The SMILES string of the molecule is Cc1cccc(OC(C)C(=O)Nc2nnc(SCc3cccs3)s2)c1. The predicted octanol–water partition coefficient (Wildman–Crippen LogP) is 4.61. The summed E-state index contributed by atoms with van der Waals surface area (Å²) in [6.45, 7) is 3.69. The van der Waals surface area contributed by atoms with Gasteiger partial charge in [-0.15, -0.1) is 21.5 Å². The first kappa shape index (κ1) is 17.9. The number of hydrogen-bond donors (Lipinski definition) is 1. The molecule has 0 bridgehead atoms. The molecule has 2 heterocycles. The molecule has 3 aromatic rings. The number of carbonyl (C=O) groups is 1. The van der Waals surface area contributed by atoms with E-state index in [0.29, 0.717) is 10.9 Å². The Morgan fingerprint density at radius 3 is 2.96 bits per heavy atom. The number of nitrogens with zero attached hydrogens (tertiary/aromatic N) is 2.